The molecule has 0 N–H and O–H groups in total. The predicted molar refractivity (Wildman–Crippen MR) is 84.7 cm³/mol. The largest absolute Gasteiger partial charge is 0.309 e. The van der Waals surface area contributed by atoms with E-state index in [9.17, 15) is 13.6 Å². The number of aryl methyl sites for hydroxylation is 2. The van der Waals surface area contributed by atoms with Gasteiger partial charge in [0.25, 0.3) is 0 Å². The lowest BCUT2D eigenvalue weighted by Crippen LogP contribution is -2.36. The Kier molecular flexibility index (Phi) is 4.45. The van der Waals surface area contributed by atoms with E-state index in [4.69, 9.17) is 11.6 Å². The fourth-order valence-electron chi connectivity index (χ4n) is 2.75. The van der Waals surface area contributed by atoms with Gasteiger partial charge in [0.15, 0.2) is 0 Å². The van der Waals surface area contributed by atoms with Gasteiger partial charge in [-0.3, -0.25) is 4.79 Å². The summed E-state index contributed by atoms with van der Waals surface area (Å²) in [6, 6.07) is 5.84. The van der Waals surface area contributed by atoms with Crippen molar-refractivity contribution in [3.8, 4) is 0 Å². The Morgan fingerprint density at radius 1 is 1.32 bits per heavy atom. The molecule has 22 heavy (non-hydrogen) atoms. The zero-order valence-corrected chi connectivity index (χ0v) is 13.3. The Balaban J connectivity index is 1.77. The molecule has 0 unspecified atom stereocenters. The van der Waals surface area contributed by atoms with E-state index in [0.29, 0.717) is 35.7 Å². The number of hydrogen-bond donors (Lipinski definition) is 0. The number of halogens is 3. The summed E-state index contributed by atoms with van der Waals surface area (Å²) in [5.41, 5.74) is 0.804. The van der Waals surface area contributed by atoms with Crippen LogP contribution in [-0.2, 0) is 17.6 Å². The smallest absolute Gasteiger partial charge is 0.227 e. The molecule has 2 heterocycles. The molecule has 2 nitrogen and oxygen atoms in total. The second kappa shape index (κ2) is 6.34. The molecule has 2 aromatic rings. The van der Waals surface area contributed by atoms with Crippen molar-refractivity contribution in [2.45, 2.75) is 25.7 Å². The van der Waals surface area contributed by atoms with Crippen molar-refractivity contribution in [2.75, 3.05) is 11.4 Å². The summed E-state index contributed by atoms with van der Waals surface area (Å²) in [6.45, 7) is 0.472. The number of carbonyl (C=O) groups is 1. The second-order valence-corrected chi connectivity index (χ2v) is 7.05. The number of amides is 1. The molecule has 0 saturated carbocycles. The van der Waals surface area contributed by atoms with E-state index < -0.39 is 11.6 Å². The molecule has 1 aromatic heterocycles. The van der Waals surface area contributed by atoms with Crippen LogP contribution in [0.4, 0.5) is 14.5 Å². The Morgan fingerprint density at radius 3 is 2.86 bits per heavy atom. The molecule has 3 rings (SSSR count). The van der Waals surface area contributed by atoms with Crippen molar-refractivity contribution in [2.24, 2.45) is 0 Å². The van der Waals surface area contributed by atoms with Crippen LogP contribution >= 0.6 is 22.9 Å². The number of anilines is 1. The molecule has 0 fully saturated rings. The number of rotatable bonds is 3. The molecule has 1 aliphatic heterocycles. The third kappa shape index (κ3) is 3.15. The van der Waals surface area contributed by atoms with Crippen LogP contribution in [0.2, 0.25) is 4.34 Å². The molecule has 116 valence electrons. The fourth-order valence-corrected chi connectivity index (χ4v) is 3.84. The van der Waals surface area contributed by atoms with Crippen LogP contribution in [-0.4, -0.2) is 12.5 Å². The first-order valence-electron chi connectivity index (χ1n) is 7.07. The molecule has 6 heteroatoms. The lowest BCUT2D eigenvalue weighted by Gasteiger charge is -2.30. The molecule has 0 aliphatic carbocycles. The number of thiophene rings is 1. The first-order valence-corrected chi connectivity index (χ1v) is 8.26. The average molecular weight is 342 g/mol. The SMILES string of the molecule is O=C(CCc1ccc(Cl)s1)N1CCCc2cc(F)cc(F)c21. The van der Waals surface area contributed by atoms with Gasteiger partial charge in [0, 0.05) is 23.9 Å². The van der Waals surface area contributed by atoms with E-state index in [2.05, 4.69) is 0 Å². The molecule has 1 amide bonds. The summed E-state index contributed by atoms with van der Waals surface area (Å²) >= 11 is 7.30. The molecule has 0 saturated heterocycles. The van der Waals surface area contributed by atoms with Crippen molar-refractivity contribution in [1.29, 1.82) is 0 Å². The van der Waals surface area contributed by atoms with Gasteiger partial charge in [0.05, 0.1) is 10.0 Å². The summed E-state index contributed by atoms with van der Waals surface area (Å²) in [5, 5.41) is 0. The van der Waals surface area contributed by atoms with Gasteiger partial charge < -0.3 is 4.90 Å². The first-order chi connectivity index (χ1) is 10.5. The fraction of sp³-hybridized carbons (Fsp3) is 0.312. The van der Waals surface area contributed by atoms with Crippen LogP contribution in [0.25, 0.3) is 0 Å². The Hall–Kier alpha value is -1.46. The zero-order valence-electron chi connectivity index (χ0n) is 11.7. The number of hydrogen-bond acceptors (Lipinski definition) is 2. The highest BCUT2D eigenvalue weighted by Crippen LogP contribution is 2.32. The van der Waals surface area contributed by atoms with E-state index in [-0.39, 0.29) is 18.0 Å². The molecule has 1 aromatic carbocycles. The van der Waals surface area contributed by atoms with Gasteiger partial charge in [-0.15, -0.1) is 11.3 Å². The van der Waals surface area contributed by atoms with Crippen LogP contribution in [0.1, 0.15) is 23.3 Å². The van der Waals surface area contributed by atoms with E-state index in [1.807, 2.05) is 6.07 Å². The van der Waals surface area contributed by atoms with Crippen molar-refractivity contribution in [3.63, 3.8) is 0 Å². The number of benzene rings is 1. The van der Waals surface area contributed by atoms with Gasteiger partial charge >= 0.3 is 0 Å². The van der Waals surface area contributed by atoms with Crippen LogP contribution < -0.4 is 4.90 Å². The van der Waals surface area contributed by atoms with Crippen LogP contribution in [0.3, 0.4) is 0 Å². The monoisotopic (exact) mass is 341 g/mol. The maximum atomic E-state index is 14.1. The van der Waals surface area contributed by atoms with E-state index in [1.54, 1.807) is 6.07 Å². The number of carbonyl (C=O) groups excluding carboxylic acids is 1. The Morgan fingerprint density at radius 2 is 2.14 bits per heavy atom. The molecule has 0 atom stereocenters. The van der Waals surface area contributed by atoms with Crippen LogP contribution in [0.15, 0.2) is 24.3 Å². The van der Waals surface area contributed by atoms with Gasteiger partial charge in [-0.25, -0.2) is 8.78 Å². The third-order valence-electron chi connectivity index (χ3n) is 3.72. The molecular formula is C16H14ClF2NOS. The van der Waals surface area contributed by atoms with Crippen molar-refractivity contribution >= 4 is 34.5 Å². The number of nitrogens with zero attached hydrogens (tertiary/aromatic N) is 1. The predicted octanol–water partition coefficient (Wildman–Crippen LogP) is 4.59. The summed E-state index contributed by atoms with van der Waals surface area (Å²) in [7, 11) is 0. The van der Waals surface area contributed by atoms with Crippen molar-refractivity contribution < 1.29 is 13.6 Å². The van der Waals surface area contributed by atoms with Gasteiger partial charge in [-0.1, -0.05) is 11.6 Å². The summed E-state index contributed by atoms with van der Waals surface area (Å²) in [6.07, 6.45) is 2.17. The average Bonchev–Trinajstić information content (AvgIpc) is 2.89. The minimum Gasteiger partial charge on any atom is -0.309 e. The highest BCUT2D eigenvalue weighted by molar-refractivity contribution is 7.16. The molecule has 0 bridgehead atoms. The summed E-state index contributed by atoms with van der Waals surface area (Å²) in [5.74, 6) is -1.41. The lowest BCUT2D eigenvalue weighted by atomic mass is 10.0. The zero-order chi connectivity index (χ0) is 15.7. The topological polar surface area (TPSA) is 20.3 Å². The van der Waals surface area contributed by atoms with Gasteiger partial charge in [-0.05, 0) is 43.0 Å². The van der Waals surface area contributed by atoms with Crippen molar-refractivity contribution in [3.05, 3.63) is 50.7 Å². The van der Waals surface area contributed by atoms with Crippen LogP contribution in [0.5, 0.6) is 0 Å². The quantitative estimate of drug-likeness (QED) is 0.799. The van der Waals surface area contributed by atoms with E-state index in [0.717, 1.165) is 10.9 Å². The second-order valence-electron chi connectivity index (χ2n) is 5.25. The standard InChI is InChI=1S/C16H14ClF2NOS/c17-14-5-3-12(22-14)4-6-15(21)20-7-1-2-10-8-11(18)9-13(19)16(10)20/h3,5,8-9H,1-2,4,6-7H2. The Bertz CT molecular complexity index is 716. The normalized spacial score (nSPS) is 14.0. The lowest BCUT2D eigenvalue weighted by molar-refractivity contribution is -0.118. The minimum absolute atomic E-state index is 0.143. The van der Waals surface area contributed by atoms with E-state index in [1.165, 1.54) is 22.3 Å². The molecular weight excluding hydrogens is 328 g/mol. The minimum atomic E-state index is -0.665. The first kappa shape index (κ1) is 15.4. The molecule has 1 aliphatic rings. The molecule has 0 spiro atoms. The maximum Gasteiger partial charge on any atom is 0.227 e. The van der Waals surface area contributed by atoms with E-state index >= 15 is 0 Å². The van der Waals surface area contributed by atoms with Gasteiger partial charge in [-0.2, -0.15) is 0 Å². The molecule has 0 radical (unpaired) electrons. The summed E-state index contributed by atoms with van der Waals surface area (Å²) < 4.78 is 28.0. The maximum absolute atomic E-state index is 14.1. The highest BCUT2D eigenvalue weighted by Gasteiger charge is 2.26. The van der Waals surface area contributed by atoms with Crippen molar-refractivity contribution in [1.82, 2.24) is 0 Å². The van der Waals surface area contributed by atoms with Gasteiger partial charge in [0.2, 0.25) is 5.91 Å². The third-order valence-corrected chi connectivity index (χ3v) is 5.01. The number of fused-ring (bicyclic) bond motifs is 1. The highest BCUT2D eigenvalue weighted by atomic mass is 35.5. The van der Waals surface area contributed by atoms with Crippen LogP contribution in [0, 0.1) is 11.6 Å². The Labute approximate surface area is 136 Å². The summed E-state index contributed by atoms with van der Waals surface area (Å²) in [4.78, 5) is 14.9. The van der Waals surface area contributed by atoms with Gasteiger partial charge in [0.1, 0.15) is 11.6 Å².